The molecule has 0 saturated heterocycles. The molecule has 1 aromatic carbocycles. The highest BCUT2D eigenvalue weighted by Gasteiger charge is 2.31. The molecule has 7 N–H and O–H groups in total. The average molecular weight is 539 g/mol. The van der Waals surface area contributed by atoms with Crippen LogP contribution in [0, 0.1) is 5.92 Å². The fourth-order valence-electron chi connectivity index (χ4n) is 3.49. The van der Waals surface area contributed by atoms with Crippen molar-refractivity contribution in [1.29, 1.82) is 0 Å². The third-order valence-electron chi connectivity index (χ3n) is 5.49. The van der Waals surface area contributed by atoms with Crippen LogP contribution in [0.1, 0.15) is 45.1 Å². The molecule has 0 spiro atoms. The predicted molar refractivity (Wildman–Crippen MR) is 141 cm³/mol. The fourth-order valence-corrected chi connectivity index (χ4v) is 3.98. The summed E-state index contributed by atoms with van der Waals surface area (Å²) in [7, 11) is 0. The summed E-state index contributed by atoms with van der Waals surface area (Å²) in [6, 6.07) is 4.37. The van der Waals surface area contributed by atoms with E-state index in [0.717, 1.165) is 0 Å². The van der Waals surface area contributed by atoms with Gasteiger partial charge >= 0.3 is 11.9 Å². The molecular weight excluding hydrogens is 500 g/mol. The Morgan fingerprint density at radius 2 is 1.43 bits per heavy atom. The summed E-state index contributed by atoms with van der Waals surface area (Å²) in [5.41, 5.74) is 6.59. The molecule has 4 unspecified atom stereocenters. The minimum atomic E-state index is -1.23. The number of amides is 3. The highest BCUT2D eigenvalue weighted by Crippen LogP contribution is 2.10. The second-order valence-corrected chi connectivity index (χ2v) is 10.1. The Morgan fingerprint density at radius 3 is 1.97 bits per heavy atom. The van der Waals surface area contributed by atoms with Crippen molar-refractivity contribution < 1.29 is 34.2 Å². The summed E-state index contributed by atoms with van der Waals surface area (Å²) in [4.78, 5) is 61.5. The predicted octanol–water partition coefficient (Wildman–Crippen LogP) is 0.759. The Balaban J connectivity index is 3.00. The lowest BCUT2D eigenvalue weighted by Crippen LogP contribution is -2.57. The van der Waals surface area contributed by atoms with E-state index < -0.39 is 60.2 Å². The van der Waals surface area contributed by atoms with Gasteiger partial charge in [0.15, 0.2) is 0 Å². The molecule has 0 saturated carbocycles. The molecule has 0 radical (unpaired) electrons. The van der Waals surface area contributed by atoms with Gasteiger partial charge in [0.1, 0.15) is 18.1 Å². The smallest absolute Gasteiger partial charge is 0.326 e. The Bertz CT molecular complexity index is 914. The van der Waals surface area contributed by atoms with Gasteiger partial charge in [0.2, 0.25) is 17.7 Å². The highest BCUT2D eigenvalue weighted by atomic mass is 32.2. The van der Waals surface area contributed by atoms with Gasteiger partial charge in [0.05, 0.1) is 6.04 Å². The van der Waals surface area contributed by atoms with Crippen molar-refractivity contribution in [3.05, 3.63) is 35.9 Å². The van der Waals surface area contributed by atoms with Crippen LogP contribution in [-0.4, -0.2) is 76.0 Å². The maximum absolute atomic E-state index is 13.1. The third kappa shape index (κ3) is 12.6. The molecule has 0 aliphatic carbocycles. The van der Waals surface area contributed by atoms with Crippen molar-refractivity contribution in [3.63, 3.8) is 0 Å². The normalized spacial score (nSPS) is 14.2. The Labute approximate surface area is 221 Å². The number of carboxylic acids is 2. The monoisotopic (exact) mass is 538 g/mol. The maximum atomic E-state index is 13.1. The molecule has 3 amide bonds. The molecule has 0 aliphatic rings. The van der Waals surface area contributed by atoms with Crippen LogP contribution in [0.4, 0.5) is 0 Å². The van der Waals surface area contributed by atoms with Crippen LogP contribution >= 0.6 is 11.8 Å². The van der Waals surface area contributed by atoms with Gasteiger partial charge in [-0.1, -0.05) is 44.2 Å². The summed E-state index contributed by atoms with van der Waals surface area (Å²) < 4.78 is 0. The van der Waals surface area contributed by atoms with Crippen LogP contribution in [0.5, 0.6) is 0 Å². The van der Waals surface area contributed by atoms with E-state index in [-0.39, 0.29) is 25.2 Å². The topological polar surface area (TPSA) is 188 Å². The van der Waals surface area contributed by atoms with E-state index in [4.69, 9.17) is 10.8 Å². The Kier molecular flexibility index (Phi) is 14.3. The minimum absolute atomic E-state index is 0.0412. The molecule has 206 valence electrons. The number of benzene rings is 1. The second-order valence-electron chi connectivity index (χ2n) is 9.16. The first-order valence-electron chi connectivity index (χ1n) is 12.1. The number of hydrogen-bond acceptors (Lipinski definition) is 7. The standard InChI is InChI=1S/C25H38N4O7S/c1-15(2)13-19(24(34)29-20(25(35)36)14-16-7-5-4-6-8-16)28-23(33)18(9-10-21(30)31)27-22(32)17(26)11-12-37-3/h4-8,15,17-20H,9-14,26H2,1-3H3,(H,27,32)(H,28,33)(H,29,34)(H,30,31)(H,35,36). The molecule has 0 fully saturated rings. The average Bonchev–Trinajstić information content (AvgIpc) is 2.83. The SMILES string of the molecule is CSCCC(N)C(=O)NC(CCC(=O)O)C(=O)NC(CC(C)C)C(=O)NC(Cc1ccccc1)C(=O)O. The summed E-state index contributed by atoms with van der Waals surface area (Å²) in [6.45, 7) is 3.67. The van der Waals surface area contributed by atoms with Crippen molar-refractivity contribution in [2.45, 2.75) is 70.1 Å². The van der Waals surface area contributed by atoms with E-state index in [1.165, 1.54) is 11.8 Å². The van der Waals surface area contributed by atoms with E-state index >= 15 is 0 Å². The lowest BCUT2D eigenvalue weighted by molar-refractivity contribution is -0.142. The van der Waals surface area contributed by atoms with E-state index in [1.54, 1.807) is 30.3 Å². The zero-order valence-electron chi connectivity index (χ0n) is 21.4. The summed E-state index contributed by atoms with van der Waals surface area (Å²) in [6.07, 6.45) is 1.89. The number of carbonyl (C=O) groups excluding carboxylic acids is 3. The van der Waals surface area contributed by atoms with E-state index in [2.05, 4.69) is 16.0 Å². The van der Waals surface area contributed by atoms with Gasteiger partial charge in [0.25, 0.3) is 0 Å². The third-order valence-corrected chi connectivity index (χ3v) is 6.13. The number of nitrogens with two attached hydrogens (primary N) is 1. The van der Waals surface area contributed by atoms with E-state index in [0.29, 0.717) is 17.7 Å². The number of aliphatic carboxylic acids is 2. The molecule has 12 heteroatoms. The number of carboxylic acid groups (broad SMARTS) is 2. The second kappa shape index (κ2) is 16.6. The van der Waals surface area contributed by atoms with Crippen molar-refractivity contribution in [2.75, 3.05) is 12.0 Å². The van der Waals surface area contributed by atoms with Gasteiger partial charge in [-0.15, -0.1) is 0 Å². The molecule has 0 aromatic heterocycles. The van der Waals surface area contributed by atoms with Gasteiger partial charge in [-0.25, -0.2) is 4.79 Å². The molecule has 4 atom stereocenters. The first kappa shape index (κ1) is 31.9. The maximum Gasteiger partial charge on any atom is 0.326 e. The molecule has 37 heavy (non-hydrogen) atoms. The molecule has 1 rings (SSSR count). The zero-order valence-corrected chi connectivity index (χ0v) is 22.3. The zero-order chi connectivity index (χ0) is 28.0. The van der Waals surface area contributed by atoms with E-state index in [9.17, 15) is 29.1 Å². The summed E-state index contributed by atoms with van der Waals surface area (Å²) >= 11 is 1.51. The highest BCUT2D eigenvalue weighted by molar-refractivity contribution is 7.98. The lowest BCUT2D eigenvalue weighted by atomic mass is 10.0. The molecule has 0 heterocycles. The molecule has 1 aromatic rings. The van der Waals surface area contributed by atoms with Crippen LogP contribution in [-0.2, 0) is 30.4 Å². The van der Waals surface area contributed by atoms with Crippen molar-refractivity contribution >= 4 is 41.4 Å². The van der Waals surface area contributed by atoms with Crippen molar-refractivity contribution in [1.82, 2.24) is 16.0 Å². The van der Waals surface area contributed by atoms with Crippen LogP contribution in [0.2, 0.25) is 0 Å². The molecule has 11 nitrogen and oxygen atoms in total. The minimum Gasteiger partial charge on any atom is -0.481 e. The van der Waals surface area contributed by atoms with Crippen LogP contribution in [0.25, 0.3) is 0 Å². The van der Waals surface area contributed by atoms with Gasteiger partial charge < -0.3 is 31.9 Å². The molecular formula is C25H38N4O7S. The Hall–Kier alpha value is -3.12. The van der Waals surface area contributed by atoms with Crippen molar-refractivity contribution in [3.8, 4) is 0 Å². The van der Waals surface area contributed by atoms with E-state index in [1.807, 2.05) is 20.1 Å². The van der Waals surface area contributed by atoms with Crippen LogP contribution in [0.15, 0.2) is 30.3 Å². The van der Waals surface area contributed by atoms with Gasteiger partial charge in [0, 0.05) is 12.8 Å². The van der Waals surface area contributed by atoms with Crippen LogP contribution in [0.3, 0.4) is 0 Å². The van der Waals surface area contributed by atoms with Crippen molar-refractivity contribution in [2.24, 2.45) is 11.7 Å². The number of rotatable bonds is 17. The summed E-state index contributed by atoms with van der Waals surface area (Å²) in [5.74, 6) is -3.82. The largest absolute Gasteiger partial charge is 0.481 e. The number of thioether (sulfide) groups is 1. The van der Waals surface area contributed by atoms with Crippen LogP contribution < -0.4 is 21.7 Å². The quantitative estimate of drug-likeness (QED) is 0.166. The first-order chi connectivity index (χ1) is 17.4. The van der Waals surface area contributed by atoms with Gasteiger partial charge in [-0.3, -0.25) is 19.2 Å². The van der Waals surface area contributed by atoms with Gasteiger partial charge in [-0.2, -0.15) is 11.8 Å². The summed E-state index contributed by atoms with van der Waals surface area (Å²) in [5, 5.41) is 26.3. The molecule has 0 aliphatic heterocycles. The number of nitrogens with one attached hydrogen (secondary N) is 3. The number of carbonyl (C=O) groups is 5. The first-order valence-corrected chi connectivity index (χ1v) is 13.5. The fraction of sp³-hybridized carbons (Fsp3) is 0.560. The molecule has 0 bridgehead atoms. The number of hydrogen-bond donors (Lipinski definition) is 6. The van der Waals surface area contributed by atoms with Gasteiger partial charge in [-0.05, 0) is 42.8 Å². The lowest BCUT2D eigenvalue weighted by Gasteiger charge is -2.26. The Morgan fingerprint density at radius 1 is 0.865 bits per heavy atom.